The molecule has 0 aliphatic carbocycles. The van der Waals surface area contributed by atoms with Gasteiger partial charge >= 0.3 is 0 Å². The third-order valence-electron chi connectivity index (χ3n) is 4.83. The first-order chi connectivity index (χ1) is 13.0. The van der Waals surface area contributed by atoms with Crippen molar-refractivity contribution in [3.8, 4) is 0 Å². The molecule has 0 radical (unpaired) electrons. The third-order valence-corrected chi connectivity index (χ3v) is 4.83. The Labute approximate surface area is 154 Å². The van der Waals surface area contributed by atoms with Crippen molar-refractivity contribution in [2.75, 3.05) is 31.1 Å². The summed E-state index contributed by atoms with van der Waals surface area (Å²) in [7, 11) is 0. The van der Waals surface area contributed by atoms with Gasteiger partial charge in [0.15, 0.2) is 0 Å². The van der Waals surface area contributed by atoms with Gasteiger partial charge in [0.1, 0.15) is 11.5 Å². The van der Waals surface area contributed by atoms with Crippen molar-refractivity contribution >= 4 is 28.2 Å². The molecule has 1 aliphatic heterocycles. The van der Waals surface area contributed by atoms with E-state index in [9.17, 15) is 19.3 Å². The highest BCUT2D eigenvalue weighted by atomic mass is 19.1. The maximum absolute atomic E-state index is 13.8. The maximum atomic E-state index is 13.8. The van der Waals surface area contributed by atoms with Crippen molar-refractivity contribution in [2.24, 2.45) is 0 Å². The zero-order valence-electron chi connectivity index (χ0n) is 14.4. The van der Waals surface area contributed by atoms with Gasteiger partial charge in [-0.2, -0.15) is 0 Å². The van der Waals surface area contributed by atoms with Gasteiger partial charge in [0.05, 0.1) is 4.92 Å². The number of rotatable bonds is 3. The van der Waals surface area contributed by atoms with E-state index >= 15 is 0 Å². The van der Waals surface area contributed by atoms with Crippen LogP contribution in [0.15, 0.2) is 48.5 Å². The Bertz CT molecular complexity index is 1010. The Kier molecular flexibility index (Phi) is 4.23. The second kappa shape index (κ2) is 6.71. The zero-order valence-corrected chi connectivity index (χ0v) is 14.4. The Hall–Kier alpha value is -3.42. The molecule has 1 N–H and O–H groups in total. The summed E-state index contributed by atoms with van der Waals surface area (Å²) in [5, 5.41) is 11.2. The zero-order chi connectivity index (χ0) is 19.0. The lowest BCUT2D eigenvalue weighted by atomic mass is 10.2. The van der Waals surface area contributed by atoms with Gasteiger partial charge in [0, 0.05) is 54.9 Å². The Morgan fingerprint density at radius 1 is 1.07 bits per heavy atom. The molecule has 0 spiro atoms. The van der Waals surface area contributed by atoms with Crippen LogP contribution in [0.5, 0.6) is 0 Å². The summed E-state index contributed by atoms with van der Waals surface area (Å²) in [6.45, 7) is 2.29. The number of benzene rings is 2. The van der Waals surface area contributed by atoms with Gasteiger partial charge in [0.2, 0.25) is 0 Å². The number of aromatic nitrogens is 1. The van der Waals surface area contributed by atoms with Crippen molar-refractivity contribution in [1.82, 2.24) is 9.88 Å². The molecule has 138 valence electrons. The summed E-state index contributed by atoms with van der Waals surface area (Å²) >= 11 is 0. The number of non-ortho nitro benzene ring substituents is 1. The van der Waals surface area contributed by atoms with Gasteiger partial charge in [-0.15, -0.1) is 0 Å². The van der Waals surface area contributed by atoms with Crippen LogP contribution in [0.2, 0.25) is 0 Å². The van der Waals surface area contributed by atoms with E-state index in [0.717, 1.165) is 5.69 Å². The van der Waals surface area contributed by atoms with E-state index in [1.807, 2.05) is 0 Å². The number of hydrogen-bond acceptors (Lipinski definition) is 4. The standard InChI is InChI=1S/C19H17FN4O3/c20-16-2-1-3-17-15(16)12-18(21-17)19(25)23-10-8-22(9-11-23)13-4-6-14(7-5-13)24(26)27/h1-7,12,21H,8-11H2. The first-order valence-electron chi connectivity index (χ1n) is 8.59. The predicted octanol–water partition coefficient (Wildman–Crippen LogP) is 3.18. The number of aromatic amines is 1. The first kappa shape index (κ1) is 17.0. The van der Waals surface area contributed by atoms with Crippen LogP contribution >= 0.6 is 0 Å². The van der Waals surface area contributed by atoms with Gasteiger partial charge < -0.3 is 14.8 Å². The average Bonchev–Trinajstić information content (AvgIpc) is 3.13. The normalized spacial score (nSPS) is 14.6. The number of nitro benzene ring substituents is 1. The molecule has 1 fully saturated rings. The molecular weight excluding hydrogens is 351 g/mol. The van der Waals surface area contributed by atoms with E-state index in [2.05, 4.69) is 9.88 Å². The molecule has 0 atom stereocenters. The highest BCUT2D eigenvalue weighted by Gasteiger charge is 2.24. The van der Waals surface area contributed by atoms with Crippen LogP contribution in [-0.4, -0.2) is 46.9 Å². The monoisotopic (exact) mass is 368 g/mol. The number of piperazine rings is 1. The van der Waals surface area contributed by atoms with Gasteiger partial charge in [-0.1, -0.05) is 6.07 Å². The van der Waals surface area contributed by atoms with E-state index in [4.69, 9.17) is 0 Å². The molecule has 0 bridgehead atoms. The van der Waals surface area contributed by atoms with Crippen LogP contribution < -0.4 is 4.90 Å². The number of halogens is 1. The molecule has 4 rings (SSSR count). The van der Waals surface area contributed by atoms with Crippen LogP contribution in [0.25, 0.3) is 10.9 Å². The lowest BCUT2D eigenvalue weighted by molar-refractivity contribution is -0.384. The summed E-state index contributed by atoms with van der Waals surface area (Å²) in [4.78, 5) is 29.8. The Morgan fingerprint density at radius 3 is 2.41 bits per heavy atom. The van der Waals surface area contributed by atoms with Crippen molar-refractivity contribution in [1.29, 1.82) is 0 Å². The van der Waals surface area contributed by atoms with Crippen molar-refractivity contribution in [3.63, 3.8) is 0 Å². The topological polar surface area (TPSA) is 82.5 Å². The minimum atomic E-state index is -0.427. The first-order valence-corrected chi connectivity index (χ1v) is 8.59. The molecule has 27 heavy (non-hydrogen) atoms. The van der Waals surface area contributed by atoms with Crippen LogP contribution in [0.1, 0.15) is 10.5 Å². The Morgan fingerprint density at radius 2 is 1.78 bits per heavy atom. The summed E-state index contributed by atoms with van der Waals surface area (Å²) in [5.41, 5.74) is 1.92. The number of anilines is 1. The number of nitro groups is 1. The van der Waals surface area contributed by atoms with Gasteiger partial charge in [-0.3, -0.25) is 14.9 Å². The van der Waals surface area contributed by atoms with Crippen LogP contribution in [-0.2, 0) is 0 Å². The highest BCUT2D eigenvalue weighted by molar-refractivity contribution is 5.98. The number of nitrogens with zero attached hydrogens (tertiary/aromatic N) is 3. The highest BCUT2D eigenvalue weighted by Crippen LogP contribution is 2.23. The van der Waals surface area contributed by atoms with Gasteiger partial charge in [0.25, 0.3) is 11.6 Å². The summed E-state index contributed by atoms with van der Waals surface area (Å²) < 4.78 is 13.8. The summed E-state index contributed by atoms with van der Waals surface area (Å²) in [6.07, 6.45) is 0. The SMILES string of the molecule is O=C(c1cc2c(F)cccc2[nH]1)N1CCN(c2ccc([N+](=O)[O-])cc2)CC1. The molecule has 0 unspecified atom stereocenters. The summed E-state index contributed by atoms with van der Waals surface area (Å²) in [6, 6.07) is 12.7. The minimum Gasteiger partial charge on any atom is -0.368 e. The molecule has 3 aromatic rings. The number of H-pyrrole nitrogens is 1. The lowest BCUT2D eigenvalue weighted by Crippen LogP contribution is -2.48. The number of fused-ring (bicyclic) bond motifs is 1. The maximum Gasteiger partial charge on any atom is 0.270 e. The van der Waals surface area contributed by atoms with E-state index in [-0.39, 0.29) is 17.4 Å². The third kappa shape index (κ3) is 3.21. The average molecular weight is 368 g/mol. The quantitative estimate of drug-likeness (QED) is 0.569. The van der Waals surface area contributed by atoms with Crippen molar-refractivity contribution in [2.45, 2.75) is 0 Å². The van der Waals surface area contributed by atoms with Crippen molar-refractivity contribution < 1.29 is 14.1 Å². The largest absolute Gasteiger partial charge is 0.368 e. The second-order valence-electron chi connectivity index (χ2n) is 6.44. The molecular formula is C19H17FN4O3. The summed E-state index contributed by atoms with van der Waals surface area (Å²) in [5.74, 6) is -0.514. The van der Waals surface area contributed by atoms with Crippen LogP contribution in [0.4, 0.5) is 15.8 Å². The lowest BCUT2D eigenvalue weighted by Gasteiger charge is -2.35. The Balaban J connectivity index is 1.44. The number of carbonyl (C=O) groups excluding carboxylic acids is 1. The molecule has 1 amide bonds. The number of hydrogen-bond donors (Lipinski definition) is 1. The van der Waals surface area contributed by atoms with Crippen molar-refractivity contribution in [3.05, 3.63) is 70.2 Å². The van der Waals surface area contributed by atoms with E-state index < -0.39 is 4.92 Å². The van der Waals surface area contributed by atoms with E-state index in [0.29, 0.717) is 42.8 Å². The smallest absolute Gasteiger partial charge is 0.270 e. The number of nitrogens with one attached hydrogen (secondary N) is 1. The van der Waals surface area contributed by atoms with Crippen LogP contribution in [0.3, 0.4) is 0 Å². The second-order valence-corrected chi connectivity index (χ2v) is 6.44. The number of carbonyl (C=O) groups is 1. The van der Waals surface area contributed by atoms with Gasteiger partial charge in [-0.25, -0.2) is 4.39 Å². The molecule has 2 heterocycles. The fraction of sp³-hybridized carbons (Fsp3) is 0.211. The fourth-order valence-corrected chi connectivity index (χ4v) is 3.36. The van der Waals surface area contributed by atoms with E-state index in [1.165, 1.54) is 18.2 Å². The molecule has 0 saturated carbocycles. The number of amides is 1. The molecule has 1 aromatic heterocycles. The van der Waals surface area contributed by atoms with Crippen LogP contribution in [0, 0.1) is 15.9 Å². The molecule has 7 nitrogen and oxygen atoms in total. The molecule has 1 aliphatic rings. The fourth-order valence-electron chi connectivity index (χ4n) is 3.36. The molecule has 2 aromatic carbocycles. The van der Waals surface area contributed by atoms with Gasteiger partial charge in [-0.05, 0) is 30.3 Å². The molecule has 1 saturated heterocycles. The minimum absolute atomic E-state index is 0.0543. The van der Waals surface area contributed by atoms with E-state index in [1.54, 1.807) is 35.2 Å². The molecule has 8 heteroatoms. The predicted molar refractivity (Wildman–Crippen MR) is 99.5 cm³/mol.